The average Bonchev–Trinajstić information content (AvgIpc) is 2.82. The smallest absolute Gasteiger partial charge is 0.312 e. The molecular weight excluding hydrogens is 242 g/mol. The molecule has 1 aliphatic rings. The second-order valence-electron chi connectivity index (χ2n) is 5.16. The Bertz CT molecular complexity index is 442. The topological polar surface area (TPSA) is 56.2 Å². The molecule has 0 spiro atoms. The van der Waals surface area contributed by atoms with Crippen LogP contribution in [0.4, 0.5) is 5.82 Å². The van der Waals surface area contributed by atoms with Crippen molar-refractivity contribution < 1.29 is 9.53 Å². The van der Waals surface area contributed by atoms with E-state index >= 15 is 0 Å². The molecule has 0 fully saturated rings. The Morgan fingerprint density at radius 2 is 2.42 bits per heavy atom. The fraction of sp³-hybridized carbons (Fsp3) is 0.714. The predicted octanol–water partition coefficient (Wildman–Crippen LogP) is 2.39. The van der Waals surface area contributed by atoms with Crippen LogP contribution < -0.4 is 5.32 Å². The second kappa shape index (κ2) is 6.08. The first-order chi connectivity index (χ1) is 9.15. The van der Waals surface area contributed by atoms with Crippen molar-refractivity contribution in [3.8, 4) is 0 Å². The molecule has 0 aromatic carbocycles. The van der Waals surface area contributed by atoms with Crippen molar-refractivity contribution in [3.63, 3.8) is 0 Å². The maximum Gasteiger partial charge on any atom is 0.312 e. The summed E-state index contributed by atoms with van der Waals surface area (Å²) < 4.78 is 6.96. The summed E-state index contributed by atoms with van der Waals surface area (Å²) in [6, 6.07) is 2.10. The van der Waals surface area contributed by atoms with Crippen LogP contribution in [0.2, 0.25) is 0 Å². The lowest BCUT2D eigenvalue weighted by atomic mass is 10.0. The van der Waals surface area contributed by atoms with E-state index in [2.05, 4.69) is 30.3 Å². The molecule has 0 radical (unpaired) electrons. The first kappa shape index (κ1) is 13.9. The van der Waals surface area contributed by atoms with Gasteiger partial charge in [0.1, 0.15) is 5.82 Å². The molecule has 2 atom stereocenters. The molecule has 5 heteroatoms. The van der Waals surface area contributed by atoms with Crippen molar-refractivity contribution >= 4 is 11.8 Å². The standard InChI is InChI=1S/C14H23N3O2/c1-4-6-10(3)12-7-13-15-8-11(9-17(13)16-12)14(18)19-5-2/h7,10-11,15H,4-6,8-9H2,1-3H3. The highest BCUT2D eigenvalue weighted by Gasteiger charge is 2.27. The van der Waals surface area contributed by atoms with Crippen LogP contribution in [0.15, 0.2) is 6.07 Å². The molecule has 0 saturated carbocycles. The highest BCUT2D eigenvalue weighted by Crippen LogP contribution is 2.25. The molecule has 1 N–H and O–H groups in total. The maximum atomic E-state index is 11.7. The van der Waals surface area contributed by atoms with Crippen LogP contribution in [0.1, 0.15) is 45.2 Å². The molecule has 5 nitrogen and oxygen atoms in total. The largest absolute Gasteiger partial charge is 0.466 e. The number of hydrogen-bond donors (Lipinski definition) is 1. The number of aromatic nitrogens is 2. The Morgan fingerprint density at radius 3 is 3.11 bits per heavy atom. The molecule has 2 unspecified atom stereocenters. The lowest BCUT2D eigenvalue weighted by molar-refractivity contribution is -0.148. The number of hydrogen-bond acceptors (Lipinski definition) is 4. The van der Waals surface area contributed by atoms with Gasteiger partial charge in [-0.15, -0.1) is 0 Å². The summed E-state index contributed by atoms with van der Waals surface area (Å²) >= 11 is 0. The van der Waals surface area contributed by atoms with Crippen LogP contribution in [0.3, 0.4) is 0 Å². The van der Waals surface area contributed by atoms with Gasteiger partial charge in [-0.25, -0.2) is 4.68 Å². The third-order valence-electron chi connectivity index (χ3n) is 3.57. The van der Waals surface area contributed by atoms with Crippen LogP contribution in [0, 0.1) is 5.92 Å². The number of fused-ring (bicyclic) bond motifs is 1. The van der Waals surface area contributed by atoms with Gasteiger partial charge in [0.2, 0.25) is 0 Å². The van der Waals surface area contributed by atoms with E-state index in [-0.39, 0.29) is 11.9 Å². The minimum absolute atomic E-state index is 0.137. The fourth-order valence-corrected chi connectivity index (χ4v) is 2.46. The van der Waals surface area contributed by atoms with Gasteiger partial charge in [-0.1, -0.05) is 20.3 Å². The zero-order chi connectivity index (χ0) is 13.8. The van der Waals surface area contributed by atoms with Gasteiger partial charge in [0.05, 0.1) is 24.8 Å². The normalized spacial score (nSPS) is 19.4. The molecule has 0 amide bonds. The van der Waals surface area contributed by atoms with E-state index in [0.29, 0.717) is 25.6 Å². The minimum atomic E-state index is -0.140. The molecule has 0 aliphatic carbocycles. The zero-order valence-corrected chi connectivity index (χ0v) is 12.0. The minimum Gasteiger partial charge on any atom is -0.466 e. The lowest BCUT2D eigenvalue weighted by Crippen LogP contribution is -2.34. The summed E-state index contributed by atoms with van der Waals surface area (Å²) in [6.07, 6.45) is 2.29. The summed E-state index contributed by atoms with van der Waals surface area (Å²) in [7, 11) is 0. The summed E-state index contributed by atoms with van der Waals surface area (Å²) in [4.78, 5) is 11.7. The molecular formula is C14H23N3O2. The monoisotopic (exact) mass is 265 g/mol. The van der Waals surface area contributed by atoms with Gasteiger partial charge >= 0.3 is 5.97 Å². The van der Waals surface area contributed by atoms with Gasteiger partial charge < -0.3 is 10.1 Å². The Morgan fingerprint density at radius 1 is 1.63 bits per heavy atom. The molecule has 0 bridgehead atoms. The van der Waals surface area contributed by atoms with E-state index in [0.717, 1.165) is 24.4 Å². The van der Waals surface area contributed by atoms with Gasteiger partial charge in [-0.05, 0) is 13.3 Å². The van der Waals surface area contributed by atoms with Crippen LogP contribution >= 0.6 is 0 Å². The number of carbonyl (C=O) groups excluding carboxylic acids is 1. The highest BCUT2D eigenvalue weighted by atomic mass is 16.5. The van der Waals surface area contributed by atoms with E-state index in [1.165, 1.54) is 0 Å². The van der Waals surface area contributed by atoms with Gasteiger partial charge in [-0.2, -0.15) is 5.10 Å². The summed E-state index contributed by atoms with van der Waals surface area (Å²) in [5.41, 5.74) is 1.11. The van der Waals surface area contributed by atoms with Crippen molar-refractivity contribution in [1.82, 2.24) is 9.78 Å². The molecule has 2 rings (SSSR count). The number of nitrogens with one attached hydrogen (secondary N) is 1. The number of carbonyl (C=O) groups is 1. The van der Waals surface area contributed by atoms with Crippen molar-refractivity contribution in [2.45, 2.75) is 46.1 Å². The van der Waals surface area contributed by atoms with Crippen LogP contribution in [-0.4, -0.2) is 28.9 Å². The SMILES string of the molecule is CCCC(C)c1cc2n(n1)CC(C(=O)OCC)CN2. The van der Waals surface area contributed by atoms with E-state index in [1.54, 1.807) is 0 Å². The Balaban J connectivity index is 2.06. The lowest BCUT2D eigenvalue weighted by Gasteiger charge is -2.23. The number of ether oxygens (including phenoxy) is 1. The maximum absolute atomic E-state index is 11.7. The number of esters is 1. The van der Waals surface area contributed by atoms with Gasteiger partial charge in [0.15, 0.2) is 0 Å². The molecule has 1 aromatic heterocycles. The Kier molecular flexibility index (Phi) is 4.45. The van der Waals surface area contributed by atoms with Gasteiger partial charge in [0, 0.05) is 18.5 Å². The highest BCUT2D eigenvalue weighted by molar-refractivity contribution is 5.73. The molecule has 1 aromatic rings. The Hall–Kier alpha value is -1.52. The summed E-state index contributed by atoms with van der Waals surface area (Å²) in [5.74, 6) is 1.20. The molecule has 2 heterocycles. The van der Waals surface area contributed by atoms with Gasteiger partial charge in [-0.3, -0.25) is 4.79 Å². The first-order valence-corrected chi connectivity index (χ1v) is 7.13. The molecule has 106 valence electrons. The van der Waals surface area contributed by atoms with Gasteiger partial charge in [0.25, 0.3) is 0 Å². The summed E-state index contributed by atoms with van der Waals surface area (Å²) in [6.45, 7) is 7.88. The van der Waals surface area contributed by atoms with E-state index in [9.17, 15) is 4.79 Å². The average molecular weight is 265 g/mol. The van der Waals surface area contributed by atoms with Crippen molar-refractivity contribution in [1.29, 1.82) is 0 Å². The van der Waals surface area contributed by atoms with E-state index < -0.39 is 0 Å². The third kappa shape index (κ3) is 3.08. The number of rotatable bonds is 5. The third-order valence-corrected chi connectivity index (χ3v) is 3.57. The Labute approximate surface area is 114 Å². The summed E-state index contributed by atoms with van der Waals surface area (Å²) in [5, 5.41) is 7.88. The van der Waals surface area contributed by atoms with Crippen molar-refractivity contribution in [2.24, 2.45) is 5.92 Å². The predicted molar refractivity (Wildman–Crippen MR) is 74.2 cm³/mol. The van der Waals surface area contributed by atoms with Crippen molar-refractivity contribution in [2.75, 3.05) is 18.5 Å². The quantitative estimate of drug-likeness (QED) is 0.831. The second-order valence-corrected chi connectivity index (χ2v) is 5.16. The fourth-order valence-electron chi connectivity index (χ4n) is 2.46. The van der Waals surface area contributed by atoms with Crippen LogP contribution in [0.25, 0.3) is 0 Å². The van der Waals surface area contributed by atoms with Crippen LogP contribution in [-0.2, 0) is 16.1 Å². The first-order valence-electron chi connectivity index (χ1n) is 7.13. The van der Waals surface area contributed by atoms with E-state index in [1.807, 2.05) is 11.6 Å². The van der Waals surface area contributed by atoms with Crippen LogP contribution in [0.5, 0.6) is 0 Å². The number of nitrogens with zero attached hydrogens (tertiary/aromatic N) is 2. The molecule has 1 aliphatic heterocycles. The molecule has 0 saturated heterocycles. The zero-order valence-electron chi connectivity index (χ0n) is 12.0. The number of anilines is 1. The van der Waals surface area contributed by atoms with E-state index in [4.69, 9.17) is 4.74 Å². The van der Waals surface area contributed by atoms with Crippen molar-refractivity contribution in [3.05, 3.63) is 11.8 Å². The molecule has 19 heavy (non-hydrogen) atoms.